The minimum Gasteiger partial charge on any atom is -0.497 e. The third-order valence-electron chi connectivity index (χ3n) is 3.47. The van der Waals surface area contributed by atoms with Crippen molar-refractivity contribution in [2.45, 2.75) is 19.3 Å². The number of nitrogens with zero attached hydrogens (tertiary/aromatic N) is 2. The molecule has 1 N–H and O–H groups in total. The van der Waals surface area contributed by atoms with Gasteiger partial charge in [0.2, 0.25) is 0 Å². The summed E-state index contributed by atoms with van der Waals surface area (Å²) in [4.78, 5) is 6.67. The lowest BCUT2D eigenvalue weighted by molar-refractivity contribution is 0.283. The molecule has 0 aliphatic carbocycles. The van der Waals surface area contributed by atoms with E-state index < -0.39 is 0 Å². The van der Waals surface area contributed by atoms with Crippen molar-refractivity contribution >= 4 is 16.6 Å². The normalized spacial score (nSPS) is 10.8. The van der Waals surface area contributed by atoms with E-state index in [-0.39, 0.29) is 6.61 Å². The highest BCUT2D eigenvalue weighted by atomic mass is 16.5. The van der Waals surface area contributed by atoms with Crippen LogP contribution in [0.3, 0.4) is 0 Å². The van der Waals surface area contributed by atoms with Gasteiger partial charge in [0.05, 0.1) is 7.11 Å². The van der Waals surface area contributed by atoms with Gasteiger partial charge in [0.25, 0.3) is 0 Å². The van der Waals surface area contributed by atoms with Crippen molar-refractivity contribution in [3.8, 4) is 5.75 Å². The SMILES string of the molecule is COc1ccc2ccnc(N(C)CCCCCO)c2c1. The van der Waals surface area contributed by atoms with Crippen molar-refractivity contribution in [1.82, 2.24) is 4.98 Å². The van der Waals surface area contributed by atoms with E-state index in [9.17, 15) is 0 Å². The first kappa shape index (κ1) is 14.6. The number of aromatic nitrogens is 1. The van der Waals surface area contributed by atoms with Gasteiger partial charge < -0.3 is 14.7 Å². The van der Waals surface area contributed by atoms with Crippen molar-refractivity contribution in [3.05, 3.63) is 30.5 Å². The molecule has 20 heavy (non-hydrogen) atoms. The Bertz CT molecular complexity index is 557. The van der Waals surface area contributed by atoms with Crippen LogP contribution in [0.2, 0.25) is 0 Å². The summed E-state index contributed by atoms with van der Waals surface area (Å²) in [5.74, 6) is 1.82. The van der Waals surface area contributed by atoms with E-state index in [0.29, 0.717) is 0 Å². The Hall–Kier alpha value is -1.81. The maximum Gasteiger partial charge on any atom is 0.136 e. The first-order chi connectivity index (χ1) is 9.76. The molecule has 108 valence electrons. The second-order valence-corrected chi connectivity index (χ2v) is 4.93. The van der Waals surface area contributed by atoms with Gasteiger partial charge in [0.1, 0.15) is 11.6 Å². The largest absolute Gasteiger partial charge is 0.497 e. The van der Waals surface area contributed by atoms with E-state index in [4.69, 9.17) is 9.84 Å². The first-order valence-corrected chi connectivity index (χ1v) is 7.01. The zero-order valence-corrected chi connectivity index (χ0v) is 12.2. The van der Waals surface area contributed by atoms with Crippen molar-refractivity contribution in [1.29, 1.82) is 0 Å². The summed E-state index contributed by atoms with van der Waals surface area (Å²) in [6, 6.07) is 8.06. The Morgan fingerprint density at radius 2 is 2.05 bits per heavy atom. The average Bonchev–Trinajstić information content (AvgIpc) is 2.50. The molecule has 0 unspecified atom stereocenters. The monoisotopic (exact) mass is 274 g/mol. The predicted octanol–water partition coefficient (Wildman–Crippen LogP) is 2.84. The van der Waals surface area contributed by atoms with Gasteiger partial charge in [-0.25, -0.2) is 4.98 Å². The number of anilines is 1. The number of ether oxygens (including phenoxy) is 1. The van der Waals surface area contributed by atoms with E-state index in [1.54, 1.807) is 7.11 Å². The van der Waals surface area contributed by atoms with Gasteiger partial charge in [-0.1, -0.05) is 6.07 Å². The van der Waals surface area contributed by atoms with Crippen LogP contribution in [-0.2, 0) is 0 Å². The fourth-order valence-electron chi connectivity index (χ4n) is 2.31. The van der Waals surface area contributed by atoms with Crippen LogP contribution in [0, 0.1) is 0 Å². The number of rotatable bonds is 7. The van der Waals surface area contributed by atoms with Crippen LogP contribution in [0.5, 0.6) is 5.75 Å². The molecule has 0 saturated carbocycles. The summed E-state index contributed by atoms with van der Waals surface area (Å²) in [5, 5.41) is 11.1. The van der Waals surface area contributed by atoms with E-state index >= 15 is 0 Å². The third kappa shape index (κ3) is 3.39. The highest BCUT2D eigenvalue weighted by Crippen LogP contribution is 2.27. The van der Waals surface area contributed by atoms with Crippen LogP contribution >= 0.6 is 0 Å². The van der Waals surface area contributed by atoms with Gasteiger partial charge in [-0.05, 0) is 42.8 Å². The highest BCUT2D eigenvalue weighted by molar-refractivity contribution is 5.93. The topological polar surface area (TPSA) is 45.6 Å². The molecule has 1 aromatic carbocycles. The number of fused-ring (bicyclic) bond motifs is 1. The van der Waals surface area contributed by atoms with Gasteiger partial charge in [-0.15, -0.1) is 0 Å². The van der Waals surface area contributed by atoms with Crippen LogP contribution in [0.4, 0.5) is 5.82 Å². The molecule has 1 heterocycles. The van der Waals surface area contributed by atoms with Crippen LogP contribution < -0.4 is 9.64 Å². The van der Waals surface area contributed by atoms with Gasteiger partial charge in [-0.3, -0.25) is 0 Å². The average molecular weight is 274 g/mol. The molecule has 2 rings (SSSR count). The summed E-state index contributed by atoms with van der Waals surface area (Å²) in [6.07, 6.45) is 4.80. The number of hydrogen-bond acceptors (Lipinski definition) is 4. The molecule has 0 saturated heterocycles. The Kier molecular flexibility index (Phi) is 5.18. The summed E-state index contributed by atoms with van der Waals surface area (Å²) in [5.41, 5.74) is 0. The van der Waals surface area contributed by atoms with Gasteiger partial charge in [-0.2, -0.15) is 0 Å². The Morgan fingerprint density at radius 3 is 2.80 bits per heavy atom. The Balaban J connectivity index is 2.19. The lowest BCUT2D eigenvalue weighted by Gasteiger charge is -2.20. The van der Waals surface area contributed by atoms with Crippen LogP contribution in [0.15, 0.2) is 30.5 Å². The van der Waals surface area contributed by atoms with E-state index in [2.05, 4.69) is 23.0 Å². The van der Waals surface area contributed by atoms with E-state index in [0.717, 1.165) is 48.1 Å². The van der Waals surface area contributed by atoms with Gasteiger partial charge in [0.15, 0.2) is 0 Å². The minimum absolute atomic E-state index is 0.271. The molecule has 0 aliphatic heterocycles. The second kappa shape index (κ2) is 7.10. The molecule has 4 heteroatoms. The Morgan fingerprint density at radius 1 is 1.20 bits per heavy atom. The van der Waals surface area contributed by atoms with Gasteiger partial charge in [0, 0.05) is 31.8 Å². The molecule has 0 bridgehead atoms. The molecule has 0 spiro atoms. The second-order valence-electron chi connectivity index (χ2n) is 4.93. The molecular formula is C16H22N2O2. The van der Waals surface area contributed by atoms with Crippen molar-refractivity contribution in [2.24, 2.45) is 0 Å². The molecule has 0 amide bonds. The first-order valence-electron chi connectivity index (χ1n) is 7.01. The molecule has 1 aromatic heterocycles. The number of aliphatic hydroxyl groups is 1. The molecular weight excluding hydrogens is 252 g/mol. The number of unbranched alkanes of at least 4 members (excludes halogenated alkanes) is 2. The third-order valence-corrected chi connectivity index (χ3v) is 3.47. The predicted molar refractivity (Wildman–Crippen MR) is 82.5 cm³/mol. The number of hydrogen-bond donors (Lipinski definition) is 1. The minimum atomic E-state index is 0.271. The fraction of sp³-hybridized carbons (Fsp3) is 0.438. The number of aliphatic hydroxyl groups excluding tert-OH is 1. The summed E-state index contributed by atoms with van der Waals surface area (Å²) >= 11 is 0. The van der Waals surface area contributed by atoms with Gasteiger partial charge >= 0.3 is 0 Å². The fourth-order valence-corrected chi connectivity index (χ4v) is 2.31. The van der Waals surface area contributed by atoms with Crippen LogP contribution in [0.25, 0.3) is 10.8 Å². The summed E-state index contributed by atoms with van der Waals surface area (Å²) < 4.78 is 5.30. The smallest absolute Gasteiger partial charge is 0.136 e. The Labute approximate surface area is 120 Å². The molecule has 0 radical (unpaired) electrons. The molecule has 2 aromatic rings. The zero-order valence-electron chi connectivity index (χ0n) is 12.2. The highest BCUT2D eigenvalue weighted by Gasteiger charge is 2.08. The molecule has 0 aliphatic rings. The summed E-state index contributed by atoms with van der Waals surface area (Å²) in [7, 11) is 3.73. The molecule has 0 fully saturated rings. The number of pyridine rings is 1. The lowest BCUT2D eigenvalue weighted by Crippen LogP contribution is -2.20. The quantitative estimate of drug-likeness (QED) is 0.789. The maximum atomic E-state index is 8.81. The molecule has 4 nitrogen and oxygen atoms in total. The van der Waals surface area contributed by atoms with Crippen molar-refractivity contribution < 1.29 is 9.84 Å². The van der Waals surface area contributed by atoms with Crippen LogP contribution in [0.1, 0.15) is 19.3 Å². The standard InChI is InChI=1S/C16H22N2O2/c1-18(10-4-3-5-11-19)16-15-12-14(20-2)7-6-13(15)8-9-17-16/h6-9,12,19H,3-5,10-11H2,1-2H3. The number of methoxy groups -OCH3 is 1. The summed E-state index contributed by atoms with van der Waals surface area (Å²) in [6.45, 7) is 1.21. The molecule has 0 atom stereocenters. The van der Waals surface area contributed by atoms with Crippen molar-refractivity contribution in [3.63, 3.8) is 0 Å². The maximum absolute atomic E-state index is 8.81. The lowest BCUT2D eigenvalue weighted by atomic mass is 10.1. The van der Waals surface area contributed by atoms with Crippen molar-refractivity contribution in [2.75, 3.05) is 32.2 Å². The van der Waals surface area contributed by atoms with Crippen LogP contribution in [-0.4, -0.2) is 37.4 Å². The van der Waals surface area contributed by atoms with E-state index in [1.165, 1.54) is 0 Å². The van der Waals surface area contributed by atoms with E-state index in [1.807, 2.05) is 24.4 Å². The number of benzene rings is 1. The zero-order chi connectivity index (χ0) is 14.4.